The van der Waals surface area contributed by atoms with Crippen LogP contribution in [-0.4, -0.2) is 12.5 Å². The average molecular weight is 337 g/mol. The number of benzene rings is 2. The molecule has 0 atom stereocenters. The monoisotopic (exact) mass is 336 g/mol. The second-order valence-electron chi connectivity index (χ2n) is 5.15. The van der Waals surface area contributed by atoms with E-state index in [4.69, 9.17) is 23.2 Å². The molecule has 2 aromatic carbocycles. The van der Waals surface area contributed by atoms with Crippen molar-refractivity contribution < 1.29 is 4.79 Å². The molecule has 0 saturated carbocycles. The van der Waals surface area contributed by atoms with Crippen LogP contribution in [0.4, 0.5) is 11.4 Å². The van der Waals surface area contributed by atoms with Crippen LogP contribution in [0.5, 0.6) is 0 Å². The minimum atomic E-state index is -0.0743. The Labute approximate surface area is 140 Å². The average Bonchev–Trinajstić information content (AvgIpc) is 2.47. The van der Waals surface area contributed by atoms with Crippen molar-refractivity contribution >= 4 is 40.5 Å². The predicted molar refractivity (Wildman–Crippen MR) is 94.1 cm³/mol. The highest BCUT2D eigenvalue weighted by atomic mass is 35.5. The van der Waals surface area contributed by atoms with Crippen molar-refractivity contribution in [3.05, 3.63) is 57.6 Å². The van der Waals surface area contributed by atoms with Gasteiger partial charge in [-0.25, -0.2) is 0 Å². The van der Waals surface area contributed by atoms with Crippen molar-refractivity contribution in [2.45, 2.75) is 20.3 Å². The van der Waals surface area contributed by atoms with E-state index in [1.165, 1.54) is 11.1 Å². The fourth-order valence-electron chi connectivity index (χ4n) is 1.97. The summed E-state index contributed by atoms with van der Waals surface area (Å²) in [6, 6.07) is 11.2. The molecule has 0 unspecified atom stereocenters. The van der Waals surface area contributed by atoms with Gasteiger partial charge in [0.2, 0.25) is 5.91 Å². The first-order valence-corrected chi connectivity index (χ1v) is 7.77. The maximum Gasteiger partial charge on any atom is 0.226 e. The van der Waals surface area contributed by atoms with Gasteiger partial charge in [-0.3, -0.25) is 4.79 Å². The highest BCUT2D eigenvalue weighted by molar-refractivity contribution is 6.42. The number of hydrogen-bond donors (Lipinski definition) is 2. The minimum absolute atomic E-state index is 0.0743. The highest BCUT2D eigenvalue weighted by Crippen LogP contribution is 2.25. The smallest absolute Gasteiger partial charge is 0.226 e. The van der Waals surface area contributed by atoms with Crippen LogP contribution in [0.25, 0.3) is 0 Å². The van der Waals surface area contributed by atoms with Crippen molar-refractivity contribution in [2.24, 2.45) is 0 Å². The quantitative estimate of drug-likeness (QED) is 0.801. The Morgan fingerprint density at radius 1 is 0.955 bits per heavy atom. The summed E-state index contributed by atoms with van der Waals surface area (Å²) in [7, 11) is 0. The van der Waals surface area contributed by atoms with E-state index in [9.17, 15) is 4.79 Å². The third kappa shape index (κ3) is 4.65. The van der Waals surface area contributed by atoms with E-state index < -0.39 is 0 Å². The Kier molecular flexibility index (Phi) is 5.69. The molecule has 0 aliphatic carbocycles. The minimum Gasteiger partial charge on any atom is -0.385 e. The Morgan fingerprint density at radius 3 is 2.36 bits per heavy atom. The second kappa shape index (κ2) is 7.52. The van der Waals surface area contributed by atoms with Gasteiger partial charge in [-0.1, -0.05) is 29.3 Å². The maximum absolute atomic E-state index is 11.9. The Morgan fingerprint density at radius 2 is 1.68 bits per heavy atom. The Bertz CT molecular complexity index is 686. The van der Waals surface area contributed by atoms with Gasteiger partial charge in [0.1, 0.15) is 0 Å². The van der Waals surface area contributed by atoms with Gasteiger partial charge >= 0.3 is 0 Å². The first-order valence-electron chi connectivity index (χ1n) is 7.02. The molecule has 2 rings (SSSR count). The van der Waals surface area contributed by atoms with Gasteiger partial charge in [0.15, 0.2) is 0 Å². The molecule has 0 radical (unpaired) electrons. The van der Waals surface area contributed by atoms with Gasteiger partial charge in [-0.05, 0) is 55.3 Å². The molecule has 0 aromatic heterocycles. The summed E-state index contributed by atoms with van der Waals surface area (Å²) < 4.78 is 0. The van der Waals surface area contributed by atoms with Gasteiger partial charge < -0.3 is 10.6 Å². The zero-order valence-electron chi connectivity index (χ0n) is 12.5. The molecule has 0 aliphatic rings. The molecule has 5 heteroatoms. The summed E-state index contributed by atoms with van der Waals surface area (Å²) in [5, 5.41) is 6.93. The van der Waals surface area contributed by atoms with Crippen molar-refractivity contribution in [1.29, 1.82) is 0 Å². The first kappa shape index (κ1) is 16.7. The number of carbonyl (C=O) groups is 1. The lowest BCUT2D eigenvalue weighted by Gasteiger charge is -2.09. The zero-order valence-corrected chi connectivity index (χ0v) is 14.1. The van der Waals surface area contributed by atoms with Crippen LogP contribution in [-0.2, 0) is 4.79 Å². The number of hydrogen-bond acceptors (Lipinski definition) is 2. The lowest BCUT2D eigenvalue weighted by atomic mass is 10.1. The zero-order chi connectivity index (χ0) is 16.1. The summed E-state index contributed by atoms with van der Waals surface area (Å²) >= 11 is 11.8. The van der Waals surface area contributed by atoms with E-state index in [0.29, 0.717) is 28.7 Å². The number of anilines is 2. The molecule has 116 valence electrons. The van der Waals surface area contributed by atoms with Gasteiger partial charge in [-0.15, -0.1) is 0 Å². The van der Waals surface area contributed by atoms with E-state index in [1.54, 1.807) is 18.2 Å². The van der Waals surface area contributed by atoms with Crippen LogP contribution in [0.3, 0.4) is 0 Å². The Balaban J connectivity index is 1.82. The number of rotatable bonds is 5. The SMILES string of the molecule is Cc1ccc(NCCC(=O)Nc2ccc(Cl)c(Cl)c2)cc1C. The van der Waals surface area contributed by atoms with E-state index >= 15 is 0 Å². The fraction of sp³-hybridized carbons (Fsp3) is 0.235. The predicted octanol–water partition coefficient (Wildman–Crippen LogP) is 5.05. The highest BCUT2D eigenvalue weighted by Gasteiger charge is 2.05. The molecule has 1 amide bonds. The number of carbonyl (C=O) groups excluding carboxylic acids is 1. The van der Waals surface area contributed by atoms with Crippen LogP contribution < -0.4 is 10.6 Å². The summed E-state index contributed by atoms with van der Waals surface area (Å²) in [4.78, 5) is 11.9. The maximum atomic E-state index is 11.9. The number of aryl methyl sites for hydroxylation is 2. The molecule has 0 bridgehead atoms. The third-order valence-corrected chi connectivity index (χ3v) is 4.13. The summed E-state index contributed by atoms with van der Waals surface area (Å²) in [5.74, 6) is -0.0743. The summed E-state index contributed by atoms with van der Waals surface area (Å²) in [6.45, 7) is 4.71. The van der Waals surface area contributed by atoms with Crippen molar-refractivity contribution in [3.8, 4) is 0 Å². The topological polar surface area (TPSA) is 41.1 Å². The normalized spacial score (nSPS) is 10.4. The van der Waals surface area contributed by atoms with Crippen LogP contribution in [0.15, 0.2) is 36.4 Å². The third-order valence-electron chi connectivity index (χ3n) is 3.39. The van der Waals surface area contributed by atoms with E-state index in [0.717, 1.165) is 5.69 Å². The van der Waals surface area contributed by atoms with Crippen molar-refractivity contribution in [2.75, 3.05) is 17.2 Å². The lowest BCUT2D eigenvalue weighted by Crippen LogP contribution is -2.16. The molecular formula is C17H18Cl2N2O. The van der Waals surface area contributed by atoms with Crippen LogP contribution in [0, 0.1) is 13.8 Å². The molecule has 0 fully saturated rings. The largest absolute Gasteiger partial charge is 0.385 e. The molecule has 22 heavy (non-hydrogen) atoms. The van der Waals surface area contributed by atoms with Gasteiger partial charge in [0.05, 0.1) is 10.0 Å². The van der Waals surface area contributed by atoms with E-state index in [1.807, 2.05) is 6.07 Å². The van der Waals surface area contributed by atoms with Crippen molar-refractivity contribution in [3.63, 3.8) is 0 Å². The van der Waals surface area contributed by atoms with Crippen LogP contribution in [0.1, 0.15) is 17.5 Å². The van der Waals surface area contributed by atoms with Crippen LogP contribution in [0.2, 0.25) is 10.0 Å². The van der Waals surface area contributed by atoms with E-state index in [-0.39, 0.29) is 5.91 Å². The van der Waals surface area contributed by atoms with Crippen molar-refractivity contribution in [1.82, 2.24) is 0 Å². The Hall–Kier alpha value is -1.71. The first-order chi connectivity index (χ1) is 10.5. The van der Waals surface area contributed by atoms with Gasteiger partial charge in [-0.2, -0.15) is 0 Å². The van der Waals surface area contributed by atoms with Gasteiger partial charge in [0.25, 0.3) is 0 Å². The molecule has 2 aromatic rings. The second-order valence-corrected chi connectivity index (χ2v) is 5.97. The molecule has 2 N–H and O–H groups in total. The van der Waals surface area contributed by atoms with Gasteiger partial charge in [0, 0.05) is 24.3 Å². The van der Waals surface area contributed by atoms with Crippen LogP contribution >= 0.6 is 23.2 Å². The lowest BCUT2D eigenvalue weighted by molar-refractivity contribution is -0.115. The standard InChI is InChI=1S/C17H18Cl2N2O/c1-11-3-4-13(9-12(11)2)20-8-7-17(22)21-14-5-6-15(18)16(19)10-14/h3-6,9-10,20H,7-8H2,1-2H3,(H,21,22). The molecule has 0 saturated heterocycles. The number of amides is 1. The number of halogens is 2. The summed E-state index contributed by atoms with van der Waals surface area (Å²) in [5.41, 5.74) is 4.14. The molecule has 0 spiro atoms. The molecular weight excluding hydrogens is 319 g/mol. The fourth-order valence-corrected chi connectivity index (χ4v) is 2.27. The molecule has 0 aliphatic heterocycles. The number of nitrogens with one attached hydrogen (secondary N) is 2. The molecule has 3 nitrogen and oxygen atoms in total. The molecule has 0 heterocycles. The summed E-state index contributed by atoms with van der Waals surface area (Å²) in [6.07, 6.45) is 0.368. The van der Waals surface area contributed by atoms with E-state index in [2.05, 4.69) is 36.6 Å².